The fraction of sp³-hybridized carbons (Fsp3) is 0.273. The summed E-state index contributed by atoms with van der Waals surface area (Å²) < 4.78 is 13.8. The van der Waals surface area contributed by atoms with Gasteiger partial charge < -0.3 is 16.0 Å². The molecule has 0 saturated carbocycles. The highest BCUT2D eigenvalue weighted by Gasteiger charge is 2.19. The van der Waals surface area contributed by atoms with Crippen LogP contribution < -0.4 is 11.1 Å². The fourth-order valence-electron chi connectivity index (χ4n) is 2.96. The standard InChI is InChI=1S/C22H27FN4O/c1-3-27(16-25-2)15-21(17-9-5-4-6-10-17)26-22(28)14-19(24)13-18-11-7-8-12-20(18)23/h3-12,16,19,21H,1,13-15,24H2,2H3,(H,26,28). The van der Waals surface area contributed by atoms with Crippen LogP contribution in [-0.4, -0.2) is 36.8 Å². The molecule has 6 heteroatoms. The largest absolute Gasteiger partial charge is 0.347 e. The van der Waals surface area contributed by atoms with E-state index in [0.29, 0.717) is 18.5 Å². The van der Waals surface area contributed by atoms with E-state index in [2.05, 4.69) is 16.9 Å². The summed E-state index contributed by atoms with van der Waals surface area (Å²) in [4.78, 5) is 18.4. The third kappa shape index (κ3) is 6.63. The molecule has 3 N–H and O–H groups in total. The van der Waals surface area contributed by atoms with E-state index >= 15 is 0 Å². The van der Waals surface area contributed by atoms with Crippen molar-refractivity contribution in [2.24, 2.45) is 10.7 Å². The van der Waals surface area contributed by atoms with Crippen molar-refractivity contribution in [1.82, 2.24) is 10.2 Å². The minimum atomic E-state index is -0.471. The molecule has 148 valence electrons. The quantitative estimate of drug-likeness (QED) is 0.490. The second-order valence-electron chi connectivity index (χ2n) is 6.54. The van der Waals surface area contributed by atoms with Crippen molar-refractivity contribution in [2.45, 2.75) is 24.9 Å². The Bertz CT molecular complexity index is 794. The molecule has 5 nitrogen and oxygen atoms in total. The van der Waals surface area contributed by atoms with Gasteiger partial charge in [0, 0.05) is 26.1 Å². The Labute approximate surface area is 165 Å². The highest BCUT2D eigenvalue weighted by molar-refractivity contribution is 5.77. The predicted octanol–water partition coefficient (Wildman–Crippen LogP) is 3.05. The summed E-state index contributed by atoms with van der Waals surface area (Å²) >= 11 is 0. The first-order chi connectivity index (χ1) is 13.5. The highest BCUT2D eigenvalue weighted by atomic mass is 19.1. The Morgan fingerprint density at radius 1 is 1.25 bits per heavy atom. The van der Waals surface area contributed by atoms with Crippen LogP contribution >= 0.6 is 0 Å². The molecule has 0 aliphatic carbocycles. The molecule has 1 amide bonds. The molecule has 0 aliphatic heterocycles. The van der Waals surface area contributed by atoms with Crippen LogP contribution in [0.4, 0.5) is 4.39 Å². The van der Waals surface area contributed by atoms with Crippen LogP contribution in [-0.2, 0) is 11.2 Å². The van der Waals surface area contributed by atoms with Crippen LogP contribution in [0, 0.1) is 5.82 Å². The molecule has 0 aliphatic rings. The van der Waals surface area contributed by atoms with Gasteiger partial charge in [-0.1, -0.05) is 55.1 Å². The summed E-state index contributed by atoms with van der Waals surface area (Å²) in [5.74, 6) is -0.490. The number of nitrogens with zero attached hydrogens (tertiary/aromatic N) is 2. The topological polar surface area (TPSA) is 70.7 Å². The number of halogens is 1. The van der Waals surface area contributed by atoms with Gasteiger partial charge in [0.05, 0.1) is 12.4 Å². The number of nitrogens with two attached hydrogens (primary N) is 1. The Morgan fingerprint density at radius 3 is 2.57 bits per heavy atom. The number of rotatable bonds is 10. The average Bonchev–Trinajstić information content (AvgIpc) is 2.69. The number of aliphatic imine (C=N–C) groups is 1. The molecule has 0 fully saturated rings. The number of hydrogen-bond acceptors (Lipinski definition) is 3. The Hall–Kier alpha value is -2.99. The lowest BCUT2D eigenvalue weighted by Crippen LogP contribution is -2.39. The summed E-state index contributed by atoms with van der Waals surface area (Å²) in [5.41, 5.74) is 7.57. The molecule has 28 heavy (non-hydrogen) atoms. The second-order valence-corrected chi connectivity index (χ2v) is 6.54. The Morgan fingerprint density at radius 2 is 1.93 bits per heavy atom. The van der Waals surface area contributed by atoms with Crippen LogP contribution in [0.15, 0.2) is 72.4 Å². The van der Waals surface area contributed by atoms with Gasteiger partial charge in [0.2, 0.25) is 5.91 Å². The maximum absolute atomic E-state index is 13.8. The molecule has 0 radical (unpaired) electrons. The van der Waals surface area contributed by atoms with E-state index in [4.69, 9.17) is 5.73 Å². The molecule has 0 spiro atoms. The van der Waals surface area contributed by atoms with Gasteiger partial charge in [0.15, 0.2) is 0 Å². The summed E-state index contributed by atoms with van der Waals surface area (Å²) in [5, 5.41) is 3.02. The summed E-state index contributed by atoms with van der Waals surface area (Å²) in [6.07, 6.45) is 3.71. The first-order valence-electron chi connectivity index (χ1n) is 9.17. The molecule has 0 aromatic heterocycles. The SMILES string of the molecule is C=CN(C=NC)CC(NC(=O)CC(N)Cc1ccccc1F)c1ccccc1. The smallest absolute Gasteiger partial charge is 0.222 e. The van der Waals surface area contributed by atoms with Crippen LogP contribution in [0.25, 0.3) is 0 Å². The van der Waals surface area contributed by atoms with Gasteiger partial charge in [-0.3, -0.25) is 9.79 Å². The first kappa shape index (κ1) is 21.3. The molecule has 0 heterocycles. The fourth-order valence-corrected chi connectivity index (χ4v) is 2.96. The van der Waals surface area contributed by atoms with Crippen molar-refractivity contribution in [3.8, 4) is 0 Å². The number of nitrogens with one attached hydrogen (secondary N) is 1. The minimum Gasteiger partial charge on any atom is -0.347 e. The van der Waals surface area contributed by atoms with E-state index in [1.807, 2.05) is 30.3 Å². The third-order valence-electron chi connectivity index (χ3n) is 4.32. The second kappa shape index (κ2) is 11.0. The van der Waals surface area contributed by atoms with Crippen LogP contribution in [0.3, 0.4) is 0 Å². The van der Waals surface area contributed by atoms with Gasteiger partial charge >= 0.3 is 0 Å². The first-order valence-corrected chi connectivity index (χ1v) is 9.17. The summed E-state index contributed by atoms with van der Waals surface area (Å²) in [7, 11) is 1.67. The molecule has 2 atom stereocenters. The average molecular weight is 382 g/mol. The van der Waals surface area contributed by atoms with Gasteiger partial charge in [-0.05, 0) is 29.8 Å². The van der Waals surface area contributed by atoms with Crippen molar-refractivity contribution in [3.63, 3.8) is 0 Å². The number of carbonyl (C=O) groups is 1. The van der Waals surface area contributed by atoms with E-state index < -0.39 is 6.04 Å². The lowest BCUT2D eigenvalue weighted by molar-refractivity contribution is -0.122. The number of hydrogen-bond donors (Lipinski definition) is 2. The van der Waals surface area contributed by atoms with Crippen molar-refractivity contribution >= 4 is 12.2 Å². The van der Waals surface area contributed by atoms with E-state index in [-0.39, 0.29) is 24.2 Å². The molecule has 2 aromatic carbocycles. The Balaban J connectivity index is 2.03. The summed E-state index contributed by atoms with van der Waals surface area (Å²) in [6, 6.07) is 15.4. The van der Waals surface area contributed by atoms with Crippen molar-refractivity contribution in [1.29, 1.82) is 0 Å². The van der Waals surface area contributed by atoms with Crippen LogP contribution in [0.5, 0.6) is 0 Å². The van der Waals surface area contributed by atoms with Crippen LogP contribution in [0.1, 0.15) is 23.6 Å². The van der Waals surface area contributed by atoms with Crippen molar-refractivity contribution < 1.29 is 9.18 Å². The van der Waals surface area contributed by atoms with Gasteiger partial charge in [-0.2, -0.15) is 0 Å². The highest BCUT2D eigenvalue weighted by Crippen LogP contribution is 2.15. The van der Waals surface area contributed by atoms with Gasteiger partial charge in [0.25, 0.3) is 0 Å². The van der Waals surface area contributed by atoms with Crippen LogP contribution in [0.2, 0.25) is 0 Å². The van der Waals surface area contributed by atoms with Crippen molar-refractivity contribution in [2.75, 3.05) is 13.6 Å². The summed E-state index contributed by atoms with van der Waals surface area (Å²) in [6.45, 7) is 4.26. The zero-order valence-corrected chi connectivity index (χ0v) is 16.1. The third-order valence-corrected chi connectivity index (χ3v) is 4.32. The minimum absolute atomic E-state index is 0.105. The lowest BCUT2D eigenvalue weighted by Gasteiger charge is -2.25. The molecule has 0 saturated heterocycles. The Kier molecular flexibility index (Phi) is 8.37. The van der Waals surface area contributed by atoms with E-state index in [0.717, 1.165) is 5.56 Å². The maximum atomic E-state index is 13.8. The van der Waals surface area contributed by atoms with E-state index in [9.17, 15) is 9.18 Å². The molecule has 2 unspecified atom stereocenters. The van der Waals surface area contributed by atoms with Gasteiger partial charge in [-0.25, -0.2) is 4.39 Å². The molecule has 0 bridgehead atoms. The molecule has 2 aromatic rings. The lowest BCUT2D eigenvalue weighted by atomic mass is 10.0. The number of amides is 1. The molecular formula is C22H27FN4O. The zero-order valence-electron chi connectivity index (χ0n) is 16.1. The maximum Gasteiger partial charge on any atom is 0.222 e. The van der Waals surface area contributed by atoms with E-state index in [1.54, 1.807) is 42.7 Å². The predicted molar refractivity (Wildman–Crippen MR) is 111 cm³/mol. The number of benzene rings is 2. The van der Waals surface area contributed by atoms with Gasteiger partial charge in [-0.15, -0.1) is 0 Å². The molecule has 2 rings (SSSR count). The monoisotopic (exact) mass is 382 g/mol. The van der Waals surface area contributed by atoms with Crippen molar-refractivity contribution in [3.05, 3.63) is 84.3 Å². The molecular weight excluding hydrogens is 355 g/mol. The number of carbonyl (C=O) groups excluding carboxylic acids is 1. The zero-order chi connectivity index (χ0) is 20.4. The normalized spacial score (nSPS) is 13.1. The van der Waals surface area contributed by atoms with E-state index in [1.165, 1.54) is 6.07 Å². The van der Waals surface area contributed by atoms with Gasteiger partial charge in [0.1, 0.15) is 5.82 Å².